The van der Waals surface area contributed by atoms with Crippen molar-refractivity contribution < 1.29 is 0 Å². The molecule has 0 radical (unpaired) electrons. The number of rotatable bonds is 3. The van der Waals surface area contributed by atoms with Crippen molar-refractivity contribution in [2.24, 2.45) is 0 Å². The van der Waals surface area contributed by atoms with Crippen LogP contribution in [-0.4, -0.2) is 4.98 Å². The molecule has 0 saturated heterocycles. The predicted octanol–water partition coefficient (Wildman–Crippen LogP) is 4.03. The molecule has 2 N–H and O–H groups in total. The maximum absolute atomic E-state index is 5.79. The molecule has 1 heterocycles. The summed E-state index contributed by atoms with van der Waals surface area (Å²) < 4.78 is 1.01. The van der Waals surface area contributed by atoms with Gasteiger partial charge in [0.1, 0.15) is 0 Å². The van der Waals surface area contributed by atoms with Gasteiger partial charge in [-0.15, -0.1) is 11.8 Å². The zero-order chi connectivity index (χ0) is 12.3. The van der Waals surface area contributed by atoms with Gasteiger partial charge in [0.25, 0.3) is 0 Å². The Balaban J connectivity index is 2.02. The molecule has 0 unspecified atom stereocenters. The van der Waals surface area contributed by atoms with Gasteiger partial charge >= 0.3 is 0 Å². The molecule has 2 nitrogen and oxygen atoms in total. The molecule has 2 rings (SSSR count). The molecule has 0 aliphatic rings. The van der Waals surface area contributed by atoms with Crippen molar-refractivity contribution in [3.8, 4) is 0 Å². The van der Waals surface area contributed by atoms with E-state index in [1.165, 1.54) is 4.90 Å². The number of hydrogen-bond donors (Lipinski definition) is 1. The molecule has 1 aromatic carbocycles. The number of aromatic nitrogens is 1. The van der Waals surface area contributed by atoms with E-state index in [9.17, 15) is 0 Å². The van der Waals surface area contributed by atoms with E-state index < -0.39 is 0 Å². The Morgan fingerprint density at radius 2 is 2.12 bits per heavy atom. The average molecular weight is 309 g/mol. The summed E-state index contributed by atoms with van der Waals surface area (Å²) in [5.41, 5.74) is 8.83. The van der Waals surface area contributed by atoms with Crippen LogP contribution in [0.15, 0.2) is 45.9 Å². The normalized spacial score (nSPS) is 10.5. The first-order valence-electron chi connectivity index (χ1n) is 5.24. The first-order valence-corrected chi connectivity index (χ1v) is 7.02. The molecule has 0 fully saturated rings. The number of nitrogens with zero attached hydrogens (tertiary/aromatic N) is 1. The number of aryl methyl sites for hydroxylation is 1. The third-order valence-corrected chi connectivity index (χ3v) is 3.91. The number of anilines is 1. The Hall–Kier alpha value is -1.00. The molecule has 0 bridgehead atoms. The number of nitrogens with two attached hydrogens (primary N) is 1. The Kier molecular flexibility index (Phi) is 4.07. The third-order valence-electron chi connectivity index (χ3n) is 2.42. The van der Waals surface area contributed by atoms with Gasteiger partial charge in [-0.05, 0) is 58.7 Å². The summed E-state index contributed by atoms with van der Waals surface area (Å²) in [6, 6.07) is 10.1. The SMILES string of the molecule is Cc1cc(SCc2ccc(Br)cn2)ccc1N. The first-order chi connectivity index (χ1) is 8.15. The van der Waals surface area contributed by atoms with E-state index in [-0.39, 0.29) is 0 Å². The zero-order valence-corrected chi connectivity index (χ0v) is 11.9. The van der Waals surface area contributed by atoms with Crippen molar-refractivity contribution in [3.05, 3.63) is 52.3 Å². The molecule has 4 heteroatoms. The number of nitrogen functional groups attached to an aromatic ring is 1. The van der Waals surface area contributed by atoms with Gasteiger partial charge in [0.05, 0.1) is 5.69 Å². The van der Waals surface area contributed by atoms with Gasteiger partial charge in [0.2, 0.25) is 0 Å². The summed E-state index contributed by atoms with van der Waals surface area (Å²) in [4.78, 5) is 5.56. The summed E-state index contributed by atoms with van der Waals surface area (Å²) in [6.07, 6.45) is 1.82. The predicted molar refractivity (Wildman–Crippen MR) is 77.1 cm³/mol. The lowest BCUT2D eigenvalue weighted by Crippen LogP contribution is -1.89. The third kappa shape index (κ3) is 3.48. The molecule has 0 saturated carbocycles. The maximum atomic E-state index is 5.79. The van der Waals surface area contributed by atoms with Crippen LogP contribution in [-0.2, 0) is 5.75 Å². The number of thioether (sulfide) groups is 1. The summed E-state index contributed by atoms with van der Waals surface area (Å²) in [6.45, 7) is 2.03. The lowest BCUT2D eigenvalue weighted by atomic mass is 10.2. The van der Waals surface area contributed by atoms with E-state index in [0.29, 0.717) is 0 Å². The summed E-state index contributed by atoms with van der Waals surface area (Å²) in [7, 11) is 0. The molecule has 0 aliphatic carbocycles. The van der Waals surface area contributed by atoms with Crippen LogP contribution in [0, 0.1) is 6.92 Å². The molecule has 0 atom stereocenters. The Morgan fingerprint density at radius 1 is 1.29 bits per heavy atom. The van der Waals surface area contributed by atoms with Gasteiger partial charge in [-0.1, -0.05) is 0 Å². The van der Waals surface area contributed by atoms with Crippen molar-refractivity contribution >= 4 is 33.4 Å². The molecule has 17 heavy (non-hydrogen) atoms. The van der Waals surface area contributed by atoms with Crippen LogP contribution in [0.1, 0.15) is 11.3 Å². The molecular weight excluding hydrogens is 296 g/mol. The molecule has 1 aromatic heterocycles. The van der Waals surface area contributed by atoms with Crippen LogP contribution in [0.25, 0.3) is 0 Å². The van der Waals surface area contributed by atoms with Gasteiger partial charge in [-0.25, -0.2) is 0 Å². The first kappa shape index (κ1) is 12.5. The van der Waals surface area contributed by atoms with Crippen molar-refractivity contribution in [1.29, 1.82) is 0 Å². The lowest BCUT2D eigenvalue weighted by molar-refractivity contribution is 1.16. The molecule has 0 amide bonds. The molecular formula is C13H13BrN2S. The van der Waals surface area contributed by atoms with E-state index in [1.54, 1.807) is 11.8 Å². The standard InChI is InChI=1S/C13H13BrN2S/c1-9-6-12(4-5-13(9)15)17-8-11-3-2-10(14)7-16-11/h2-7H,8,15H2,1H3. The smallest absolute Gasteiger partial charge is 0.0507 e. The van der Waals surface area contributed by atoms with E-state index in [4.69, 9.17) is 5.73 Å². The number of halogens is 1. The van der Waals surface area contributed by atoms with Crippen LogP contribution in [0.5, 0.6) is 0 Å². The molecule has 0 aliphatic heterocycles. The fraction of sp³-hybridized carbons (Fsp3) is 0.154. The fourth-order valence-corrected chi connectivity index (χ4v) is 2.53. The highest BCUT2D eigenvalue weighted by atomic mass is 79.9. The zero-order valence-electron chi connectivity index (χ0n) is 9.48. The summed E-state index contributed by atoms with van der Waals surface area (Å²) in [5.74, 6) is 0.872. The minimum atomic E-state index is 0.844. The Morgan fingerprint density at radius 3 is 2.76 bits per heavy atom. The second kappa shape index (κ2) is 5.56. The highest BCUT2D eigenvalue weighted by molar-refractivity contribution is 9.10. The molecule has 0 spiro atoms. The molecule has 88 valence electrons. The lowest BCUT2D eigenvalue weighted by Gasteiger charge is -2.04. The van der Waals surface area contributed by atoms with Crippen molar-refractivity contribution in [3.63, 3.8) is 0 Å². The highest BCUT2D eigenvalue weighted by Gasteiger charge is 2.00. The van der Waals surface area contributed by atoms with Crippen LogP contribution >= 0.6 is 27.7 Å². The van der Waals surface area contributed by atoms with Gasteiger partial charge in [0.15, 0.2) is 0 Å². The average Bonchev–Trinajstić information content (AvgIpc) is 2.33. The largest absolute Gasteiger partial charge is 0.399 e. The van der Waals surface area contributed by atoms with Crippen molar-refractivity contribution in [1.82, 2.24) is 4.98 Å². The number of pyridine rings is 1. The minimum Gasteiger partial charge on any atom is -0.399 e. The van der Waals surface area contributed by atoms with Crippen molar-refractivity contribution in [2.75, 3.05) is 5.73 Å². The minimum absolute atomic E-state index is 0.844. The van der Waals surface area contributed by atoms with Crippen LogP contribution in [0.3, 0.4) is 0 Å². The number of hydrogen-bond acceptors (Lipinski definition) is 3. The monoisotopic (exact) mass is 308 g/mol. The summed E-state index contributed by atoms with van der Waals surface area (Å²) >= 11 is 5.14. The summed E-state index contributed by atoms with van der Waals surface area (Å²) in [5, 5.41) is 0. The van der Waals surface area contributed by atoms with Gasteiger partial charge < -0.3 is 5.73 Å². The van der Waals surface area contributed by atoms with E-state index in [2.05, 4.69) is 27.0 Å². The van der Waals surface area contributed by atoms with Crippen molar-refractivity contribution in [2.45, 2.75) is 17.6 Å². The highest BCUT2D eigenvalue weighted by Crippen LogP contribution is 2.25. The van der Waals surface area contributed by atoms with Gasteiger partial charge in [-0.2, -0.15) is 0 Å². The van der Waals surface area contributed by atoms with Crippen LogP contribution < -0.4 is 5.73 Å². The Bertz CT molecular complexity index is 511. The molecule has 2 aromatic rings. The quantitative estimate of drug-likeness (QED) is 0.687. The van der Waals surface area contributed by atoms with E-state index in [0.717, 1.165) is 27.2 Å². The Labute approximate surface area is 114 Å². The van der Waals surface area contributed by atoms with E-state index in [1.807, 2.05) is 37.4 Å². The van der Waals surface area contributed by atoms with Gasteiger partial charge in [-0.3, -0.25) is 4.98 Å². The fourth-order valence-electron chi connectivity index (χ4n) is 1.39. The second-order valence-electron chi connectivity index (χ2n) is 3.77. The number of benzene rings is 1. The van der Waals surface area contributed by atoms with Crippen LogP contribution in [0.4, 0.5) is 5.69 Å². The second-order valence-corrected chi connectivity index (χ2v) is 5.74. The maximum Gasteiger partial charge on any atom is 0.0507 e. The van der Waals surface area contributed by atoms with E-state index >= 15 is 0 Å². The topological polar surface area (TPSA) is 38.9 Å². The van der Waals surface area contributed by atoms with Gasteiger partial charge in [0, 0.05) is 27.0 Å². The van der Waals surface area contributed by atoms with Crippen LogP contribution in [0.2, 0.25) is 0 Å².